The van der Waals surface area contributed by atoms with Crippen LogP contribution in [0.5, 0.6) is 0 Å². The maximum Gasteiger partial charge on any atom is 0.472 e. The second-order valence-electron chi connectivity index (χ2n) is 25.6. The molecule has 1 saturated carbocycles. The van der Waals surface area contributed by atoms with Crippen LogP contribution in [0.25, 0.3) is 0 Å². The molecule has 0 spiro atoms. The topological polar surface area (TPSA) is 374 Å². The van der Waals surface area contributed by atoms with E-state index in [4.69, 9.17) is 42.2 Å². The monoisotopic (exact) mass is 1340 g/mol. The molecule has 3 rings (SSSR count). The van der Waals surface area contributed by atoms with E-state index in [1.807, 2.05) is 0 Å². The van der Waals surface area contributed by atoms with Crippen LogP contribution >= 0.6 is 7.82 Å². The van der Waals surface area contributed by atoms with Crippen molar-refractivity contribution in [3.63, 3.8) is 0 Å². The Kier molecular flexibility index (Phi) is 45.7. The zero-order valence-electron chi connectivity index (χ0n) is 55.8. The van der Waals surface area contributed by atoms with Crippen molar-refractivity contribution in [3.8, 4) is 0 Å². The molecule has 24 nitrogen and oxygen atoms in total. The van der Waals surface area contributed by atoms with E-state index in [9.17, 15) is 74.9 Å². The van der Waals surface area contributed by atoms with Gasteiger partial charge in [-0.05, 0) is 44.9 Å². The molecule has 0 amide bonds. The fourth-order valence-electron chi connectivity index (χ4n) is 11.7. The molecule has 1 aliphatic carbocycles. The number of aliphatic hydroxyl groups excluding tert-OH is 10. The highest BCUT2D eigenvalue weighted by molar-refractivity contribution is 7.47. The normalized spacial score (nSPS) is 28.7. The van der Waals surface area contributed by atoms with E-state index in [2.05, 4.69) is 32.9 Å². The van der Waals surface area contributed by atoms with E-state index in [0.717, 1.165) is 116 Å². The van der Waals surface area contributed by atoms with Crippen LogP contribution in [-0.2, 0) is 61.2 Å². The zero-order chi connectivity index (χ0) is 67.5. The number of esters is 3. The third kappa shape index (κ3) is 33.8. The quantitative estimate of drug-likeness (QED) is 0.00894. The summed E-state index contributed by atoms with van der Waals surface area (Å²) in [4.78, 5) is 50.8. The summed E-state index contributed by atoms with van der Waals surface area (Å²) in [5.74, 6) is -1.99. The van der Waals surface area contributed by atoms with E-state index in [-0.39, 0.29) is 19.3 Å². The lowest BCUT2D eigenvalue weighted by Gasteiger charge is -2.49. The lowest BCUT2D eigenvalue weighted by Crippen LogP contribution is -2.69. The molecular formula is C67H123O24P. The molecule has 3 aliphatic rings. The van der Waals surface area contributed by atoms with Crippen molar-refractivity contribution in [1.29, 1.82) is 0 Å². The molecule has 18 atom stereocenters. The molecule has 0 aromatic rings. The van der Waals surface area contributed by atoms with Crippen molar-refractivity contribution in [2.24, 2.45) is 0 Å². The van der Waals surface area contributed by atoms with Crippen molar-refractivity contribution >= 4 is 25.7 Å². The Morgan fingerprint density at radius 2 is 0.761 bits per heavy atom. The van der Waals surface area contributed by atoms with Gasteiger partial charge in [-0.1, -0.05) is 213 Å². The molecule has 2 aliphatic heterocycles. The summed E-state index contributed by atoms with van der Waals surface area (Å²) in [6, 6.07) is 0. The van der Waals surface area contributed by atoms with Gasteiger partial charge in [0, 0.05) is 19.3 Å². The van der Waals surface area contributed by atoms with Crippen molar-refractivity contribution in [3.05, 3.63) is 12.2 Å². The second-order valence-corrected chi connectivity index (χ2v) is 27.0. The second kappa shape index (κ2) is 50.1. The molecule has 0 radical (unpaired) electrons. The van der Waals surface area contributed by atoms with Crippen LogP contribution in [0.1, 0.15) is 265 Å². The van der Waals surface area contributed by atoms with Crippen LogP contribution in [0.4, 0.5) is 0 Å². The number of allylic oxidation sites excluding steroid dienone is 2. The minimum Gasteiger partial charge on any atom is -0.463 e. The van der Waals surface area contributed by atoms with E-state index in [1.54, 1.807) is 0 Å². The minimum atomic E-state index is -5.69. The van der Waals surface area contributed by atoms with Gasteiger partial charge in [0.2, 0.25) is 0 Å². The summed E-state index contributed by atoms with van der Waals surface area (Å²) in [7, 11) is -5.69. The first-order valence-corrected chi connectivity index (χ1v) is 37.0. The molecule has 0 aromatic carbocycles. The Hall–Kier alpha value is -2.30. The number of carbonyl (C=O) groups is 3. The molecule has 2 saturated heterocycles. The van der Waals surface area contributed by atoms with Crippen molar-refractivity contribution in [2.45, 2.75) is 369 Å². The number of carbonyl (C=O) groups excluding carboxylic acids is 3. The maximum atomic E-state index is 14.3. The number of unbranched alkanes of at least 4 members (excludes halogenated alkanes) is 31. The summed E-state index contributed by atoms with van der Waals surface area (Å²) < 4.78 is 64.8. The van der Waals surface area contributed by atoms with E-state index in [1.165, 1.54) is 89.9 Å². The first-order valence-electron chi connectivity index (χ1n) is 35.5. The average Bonchev–Trinajstić information content (AvgIpc) is 0.783. The predicted octanol–water partition coefficient (Wildman–Crippen LogP) is 8.40. The van der Waals surface area contributed by atoms with E-state index < -0.39 is 156 Å². The number of phosphoric acid groups is 1. The molecule has 0 bridgehead atoms. The zero-order valence-corrected chi connectivity index (χ0v) is 56.7. The van der Waals surface area contributed by atoms with Crippen LogP contribution in [-0.4, -0.2) is 204 Å². The fourth-order valence-corrected chi connectivity index (χ4v) is 12.7. The Morgan fingerprint density at radius 3 is 1.18 bits per heavy atom. The van der Waals surface area contributed by atoms with Crippen LogP contribution in [0.3, 0.4) is 0 Å². The van der Waals surface area contributed by atoms with Gasteiger partial charge in [0.05, 0.1) is 13.2 Å². The van der Waals surface area contributed by atoms with Gasteiger partial charge in [-0.15, -0.1) is 0 Å². The van der Waals surface area contributed by atoms with Gasteiger partial charge >= 0.3 is 25.7 Å². The third-order valence-corrected chi connectivity index (χ3v) is 18.5. The molecule has 3 fully saturated rings. The van der Waals surface area contributed by atoms with E-state index >= 15 is 0 Å². The van der Waals surface area contributed by atoms with Crippen molar-refractivity contribution in [1.82, 2.24) is 0 Å². The standard InChI is InChI=1S/C67H123O24P/c1-4-7-10-13-16-19-22-23-24-25-28-30-32-35-38-41-51(69)83-45-48(86-53(71)43-40-37-34-31-27-21-18-15-12-9-6-3)46-85-92(81,82)91-65-63(89-66-61(79)56(74)54(72)49(44-68)87-66)59(77)58(76)60(78)64(65)90-67-62(80)57(75)55(73)50(88-67)47-84-52(70)42-39-36-33-29-26-20-17-14-11-8-5-2/h19,22,48-50,54-68,72-80H,4-18,20-21,23-47H2,1-3H3,(H,81,82)/b22-19-. The predicted molar refractivity (Wildman–Crippen MR) is 342 cm³/mol. The lowest BCUT2D eigenvalue weighted by atomic mass is 9.84. The number of rotatable bonds is 54. The molecule has 540 valence electrons. The summed E-state index contributed by atoms with van der Waals surface area (Å²) >= 11 is 0. The number of hydrogen-bond acceptors (Lipinski definition) is 23. The van der Waals surface area contributed by atoms with E-state index in [0.29, 0.717) is 19.3 Å². The summed E-state index contributed by atoms with van der Waals surface area (Å²) in [5, 5.41) is 110. The summed E-state index contributed by atoms with van der Waals surface area (Å²) in [5.41, 5.74) is 0. The van der Waals surface area contributed by atoms with Gasteiger partial charge in [0.25, 0.3) is 0 Å². The largest absolute Gasteiger partial charge is 0.472 e. The summed E-state index contributed by atoms with van der Waals surface area (Å²) in [6.45, 7) is 3.38. The molecule has 92 heavy (non-hydrogen) atoms. The highest BCUT2D eigenvalue weighted by Gasteiger charge is 2.58. The Balaban J connectivity index is 1.76. The highest BCUT2D eigenvalue weighted by Crippen LogP contribution is 2.49. The fraction of sp³-hybridized carbons (Fsp3) is 0.925. The molecule has 25 heteroatoms. The Bertz CT molecular complexity index is 1970. The van der Waals surface area contributed by atoms with Crippen LogP contribution in [0, 0.1) is 0 Å². The average molecular weight is 1340 g/mol. The molecule has 2 heterocycles. The molecular weight excluding hydrogens is 1220 g/mol. The Labute approximate surface area is 548 Å². The SMILES string of the molecule is CCCCCC/C=C\CCCCCCCCCC(=O)OCC(COP(=O)(O)OC1C(OC2OC(CO)C(O)C(O)C2O)C(O)C(O)C(O)C1OC1OC(COC(=O)CCCCCCCCCCCCC)C(O)C(O)C1O)OC(=O)CCCCCCCCCCCCC. The first kappa shape index (κ1) is 83.9. The first-order chi connectivity index (χ1) is 44.3. The highest BCUT2D eigenvalue weighted by atomic mass is 31.2. The molecule has 18 unspecified atom stereocenters. The number of hydrogen-bond donors (Lipinski definition) is 11. The van der Waals surface area contributed by atoms with Gasteiger partial charge in [0.15, 0.2) is 18.7 Å². The van der Waals surface area contributed by atoms with Gasteiger partial charge in [-0.2, -0.15) is 0 Å². The summed E-state index contributed by atoms with van der Waals surface area (Å²) in [6.07, 6.45) is 6.04. The lowest BCUT2D eigenvalue weighted by molar-refractivity contribution is -0.360. The number of aliphatic hydroxyl groups is 10. The Morgan fingerprint density at radius 1 is 0.413 bits per heavy atom. The van der Waals surface area contributed by atoms with Gasteiger partial charge in [-0.3, -0.25) is 23.4 Å². The minimum absolute atomic E-state index is 0.0314. The molecule has 0 aromatic heterocycles. The van der Waals surface area contributed by atoms with Crippen LogP contribution < -0.4 is 0 Å². The third-order valence-electron chi connectivity index (χ3n) is 17.5. The van der Waals surface area contributed by atoms with Gasteiger partial charge in [0.1, 0.15) is 98.7 Å². The van der Waals surface area contributed by atoms with Crippen molar-refractivity contribution in [2.75, 3.05) is 26.4 Å². The smallest absolute Gasteiger partial charge is 0.463 e. The molecule has 11 N–H and O–H groups in total. The van der Waals surface area contributed by atoms with Crippen molar-refractivity contribution < 1.29 is 117 Å². The van der Waals surface area contributed by atoms with Gasteiger partial charge in [-0.25, -0.2) is 4.57 Å². The number of phosphoric ester groups is 1. The van der Waals surface area contributed by atoms with Crippen LogP contribution in [0.2, 0.25) is 0 Å². The van der Waals surface area contributed by atoms with Gasteiger partial charge < -0.3 is 89.1 Å². The maximum absolute atomic E-state index is 14.3. The van der Waals surface area contributed by atoms with Crippen LogP contribution in [0.15, 0.2) is 12.2 Å². The number of ether oxygens (including phenoxy) is 7.